The van der Waals surface area contributed by atoms with Crippen molar-refractivity contribution in [3.8, 4) is 0 Å². The van der Waals surface area contributed by atoms with Crippen LogP contribution in [-0.2, 0) is 62.1 Å². The van der Waals surface area contributed by atoms with E-state index in [2.05, 4.69) is 107 Å². The molecule has 2 aromatic carbocycles. The van der Waals surface area contributed by atoms with Gasteiger partial charge in [-0.3, -0.25) is 0 Å². The molecule has 0 saturated carbocycles. The van der Waals surface area contributed by atoms with Gasteiger partial charge in [0, 0.05) is 34.1 Å². The molecule has 0 aliphatic carbocycles. The Hall–Kier alpha value is -2.04. The second-order valence-corrected chi connectivity index (χ2v) is 5.54. The molecule has 0 atom stereocenters. The molecule has 0 heterocycles. The van der Waals surface area contributed by atoms with Crippen LogP contribution in [0.4, 0.5) is 0 Å². The van der Waals surface area contributed by atoms with E-state index in [1.165, 1.54) is 16.2 Å². The van der Waals surface area contributed by atoms with Crippen LogP contribution in [0.2, 0.25) is 0 Å². The molecule has 2 rings (SSSR count). The molecule has 0 amide bonds. The molecule has 0 aromatic heterocycles. The van der Waals surface area contributed by atoms with Gasteiger partial charge in [-0.2, -0.15) is 0 Å². The monoisotopic (exact) mass is 535 g/mol. The van der Waals surface area contributed by atoms with E-state index in [4.69, 9.17) is 27.9 Å². The molecule has 0 aliphatic rings. The number of allylic oxidation sites excluding steroid dienone is 2. The maximum absolute atomic E-state index is 7.50. The van der Waals surface area contributed by atoms with Gasteiger partial charge in [-0.05, 0) is 10.6 Å². The van der Waals surface area contributed by atoms with E-state index >= 15 is 0 Å². The zero-order chi connectivity index (χ0) is 25.2. The van der Waals surface area contributed by atoms with E-state index in [0.29, 0.717) is 0 Å². The van der Waals surface area contributed by atoms with E-state index in [9.17, 15) is 0 Å². The summed E-state index contributed by atoms with van der Waals surface area (Å²) in [6.45, 7) is 34.6. The first kappa shape index (κ1) is 52.1. The Morgan fingerprint density at radius 2 is 0.781 bits per heavy atom. The third-order valence-electron chi connectivity index (χ3n) is 2.24. The van der Waals surface area contributed by atoms with Gasteiger partial charge in [-0.15, -0.1) is 13.8 Å². The van der Waals surface area contributed by atoms with Gasteiger partial charge >= 0.3 is 67.8 Å². The average Bonchev–Trinajstić information content (AvgIpc) is 2.88. The third-order valence-corrected chi connectivity index (χ3v) is 3.49. The van der Waals surface area contributed by atoms with Crippen LogP contribution in [-0.4, -0.2) is 0 Å². The van der Waals surface area contributed by atoms with E-state index in [-0.39, 0.29) is 34.1 Å². The molecule has 0 spiro atoms. The number of rotatable bonds is 2. The van der Waals surface area contributed by atoms with Gasteiger partial charge in [0.1, 0.15) is 0 Å². The van der Waals surface area contributed by atoms with Crippen LogP contribution in [0.5, 0.6) is 0 Å². The molecule has 2 aromatic rings. The van der Waals surface area contributed by atoms with Crippen molar-refractivity contribution in [2.75, 3.05) is 0 Å². The smallest absolute Gasteiger partial charge is 0 e. The van der Waals surface area contributed by atoms with Crippen molar-refractivity contribution in [3.63, 3.8) is 0 Å². The molecule has 0 bridgehead atoms. The topological polar surface area (TPSA) is 119 Å². The summed E-state index contributed by atoms with van der Waals surface area (Å²) in [5.74, 6) is 0. The maximum atomic E-state index is 7.50. The summed E-state index contributed by atoms with van der Waals surface area (Å²) in [6.07, 6.45) is 1.83. The summed E-state index contributed by atoms with van der Waals surface area (Å²) in [5.41, 5.74) is 1.27. The zero-order valence-corrected chi connectivity index (χ0v) is 20.4. The second kappa shape index (κ2) is 63.0. The first-order chi connectivity index (χ1) is 14.7. The number of hydrogen-bond acceptors (Lipinski definition) is 0. The molecular weight excluding hydrogens is 515 g/mol. The van der Waals surface area contributed by atoms with Crippen molar-refractivity contribution in [2.24, 2.45) is 0 Å². The van der Waals surface area contributed by atoms with E-state index in [1.807, 2.05) is 19.9 Å². The predicted octanol–water partition coefficient (Wildman–Crippen LogP) is 3.87. The van der Waals surface area contributed by atoms with Gasteiger partial charge in [-0.25, -0.2) is 18.6 Å². The fourth-order valence-electron chi connectivity index (χ4n) is 1.21. The van der Waals surface area contributed by atoms with Crippen LogP contribution in [0.3, 0.4) is 0 Å². The Balaban J connectivity index is -0.0000000434. The average molecular weight is 535 g/mol. The van der Waals surface area contributed by atoms with Gasteiger partial charge in [-0.1, -0.05) is 69.2 Å². The molecule has 32 heavy (non-hydrogen) atoms. The summed E-state index contributed by atoms with van der Waals surface area (Å²) >= 11 is 0. The summed E-state index contributed by atoms with van der Waals surface area (Å²) in [4.78, 5) is 0. The second-order valence-electron chi connectivity index (χ2n) is 4.14. The third kappa shape index (κ3) is 51.0. The van der Waals surface area contributed by atoms with Crippen LogP contribution in [0, 0.1) is 46.8 Å². The summed E-state index contributed by atoms with van der Waals surface area (Å²) in [7, 11) is 0.777. The Morgan fingerprint density at radius 1 is 0.594 bits per heavy atom. The van der Waals surface area contributed by atoms with Gasteiger partial charge in [0.05, 0.1) is 0 Å². The first-order valence-electron chi connectivity index (χ1n) is 7.24. The fourth-order valence-corrected chi connectivity index (χ4v) is 2.26. The quantitative estimate of drug-likeness (QED) is 0.240. The van der Waals surface area contributed by atoms with Crippen molar-refractivity contribution in [1.29, 1.82) is 0 Å². The standard InChI is InChI=1S/C12H11P.C5H9.6CO.2Fe/c1-3-7-11(8-4-1)13-12-9-5-2-6-10-12;1-4-5(2)3;6*1-2;;/h1-10,13H;4H,1H2,2-3H3;;;;;;;;/q;-1;;;;;;;;. The summed E-state index contributed by atoms with van der Waals surface area (Å²) in [5, 5.41) is 2.79. The molecular formula is C23H20Fe2O6P-. The maximum Gasteiger partial charge on any atom is 0 e. The molecule has 0 unspecified atom stereocenters. The molecule has 0 aliphatic heterocycles. The molecule has 9 heteroatoms. The van der Waals surface area contributed by atoms with Crippen LogP contribution >= 0.6 is 8.58 Å². The van der Waals surface area contributed by atoms with E-state index < -0.39 is 0 Å². The van der Waals surface area contributed by atoms with Gasteiger partial charge < -0.3 is 0 Å². The van der Waals surface area contributed by atoms with E-state index in [0.717, 1.165) is 8.58 Å². The minimum absolute atomic E-state index is 0. The Kier molecular flexibility index (Phi) is 103. The largest absolute Gasteiger partial charge is 0.245 e. The van der Waals surface area contributed by atoms with E-state index in [1.54, 1.807) is 0 Å². The van der Waals surface area contributed by atoms with Crippen LogP contribution in [0.25, 0.3) is 0 Å². The molecule has 6 nitrogen and oxygen atoms in total. The van der Waals surface area contributed by atoms with Crippen molar-refractivity contribution >= 4 is 19.2 Å². The van der Waals surface area contributed by atoms with Crippen molar-refractivity contribution in [1.82, 2.24) is 0 Å². The van der Waals surface area contributed by atoms with Gasteiger partial charge in [0.25, 0.3) is 0 Å². The minimum Gasteiger partial charge on any atom is -0.245 e. The van der Waals surface area contributed by atoms with Crippen molar-refractivity contribution in [2.45, 2.75) is 13.8 Å². The normalized spacial score (nSPS) is 5.44. The van der Waals surface area contributed by atoms with Crippen LogP contribution < -0.4 is 10.6 Å². The van der Waals surface area contributed by atoms with Crippen molar-refractivity contribution in [3.05, 3.63) is 119 Å². The molecule has 0 fully saturated rings. The predicted molar refractivity (Wildman–Crippen MR) is 109 cm³/mol. The molecule has 0 N–H and O–H groups in total. The molecule has 0 saturated heterocycles. The fraction of sp³-hybridized carbons (Fsp3) is 0.0870. The van der Waals surface area contributed by atoms with Gasteiger partial charge in [0.15, 0.2) is 0 Å². The Morgan fingerprint density at radius 3 is 0.938 bits per heavy atom. The Labute approximate surface area is 213 Å². The zero-order valence-electron chi connectivity index (χ0n) is 17.2. The van der Waals surface area contributed by atoms with Crippen LogP contribution in [0.1, 0.15) is 13.8 Å². The minimum atomic E-state index is 0. The summed E-state index contributed by atoms with van der Waals surface area (Å²) < 4.78 is 45.0. The SMILES string of the molecule is [C-]#[O+].[C-]#[O+].[C-]#[O+].[C-]#[O+].[C-]#[O+].[C-]#[O+].[CH2-]C=C(C)C.[Fe].[Fe].c1ccc(Pc2ccccc2)cc1. The number of benzene rings is 2. The van der Waals surface area contributed by atoms with Crippen LogP contribution in [0.15, 0.2) is 72.3 Å². The molecule has 0 radical (unpaired) electrons. The first-order valence-corrected chi connectivity index (χ1v) is 8.24. The summed E-state index contributed by atoms with van der Waals surface area (Å²) in [6, 6.07) is 21.2. The van der Waals surface area contributed by atoms with Crippen molar-refractivity contribution < 1.29 is 62.1 Å². The molecule has 170 valence electrons. The van der Waals surface area contributed by atoms with Gasteiger partial charge in [0.2, 0.25) is 0 Å². The Bertz CT molecular complexity index is 634. The number of hydrogen-bond donors (Lipinski definition) is 0.